The fraction of sp³-hybridized carbons (Fsp3) is 0.400. The molecule has 0 radical (unpaired) electrons. The molecule has 4 heteroatoms. The molecule has 0 unspecified atom stereocenters. The van der Waals surface area contributed by atoms with Crippen molar-refractivity contribution in [3.63, 3.8) is 0 Å². The summed E-state index contributed by atoms with van der Waals surface area (Å²) < 4.78 is 1.57. The van der Waals surface area contributed by atoms with Gasteiger partial charge in [-0.05, 0) is 13.3 Å². The van der Waals surface area contributed by atoms with E-state index in [0.29, 0.717) is 12.4 Å². The summed E-state index contributed by atoms with van der Waals surface area (Å²) in [4.78, 5) is 15.5. The van der Waals surface area contributed by atoms with Gasteiger partial charge in [0.1, 0.15) is 11.0 Å². The number of rotatable bonds is 3. The lowest BCUT2D eigenvalue weighted by atomic mass is 10.2. The third-order valence-corrected chi connectivity index (χ3v) is 2.24. The Morgan fingerprint density at radius 3 is 2.86 bits per heavy atom. The standard InChI is InChI=1S/C10H13ClN2O/c1-4-7(2)6-13-8(3)12-9(11)5-10(13)14/h5H,2,4,6H2,1,3H3. The van der Waals surface area contributed by atoms with Crippen molar-refractivity contribution in [2.45, 2.75) is 26.8 Å². The fourth-order valence-electron chi connectivity index (χ4n) is 1.11. The van der Waals surface area contributed by atoms with Crippen LogP contribution in [0.5, 0.6) is 0 Å². The Balaban J connectivity index is 3.09. The van der Waals surface area contributed by atoms with E-state index in [0.717, 1.165) is 12.0 Å². The van der Waals surface area contributed by atoms with E-state index < -0.39 is 0 Å². The van der Waals surface area contributed by atoms with Gasteiger partial charge in [-0.15, -0.1) is 0 Å². The van der Waals surface area contributed by atoms with Crippen molar-refractivity contribution in [1.82, 2.24) is 9.55 Å². The first-order chi connectivity index (χ1) is 6.54. The van der Waals surface area contributed by atoms with Crippen molar-refractivity contribution >= 4 is 11.6 Å². The molecule has 0 amide bonds. The lowest BCUT2D eigenvalue weighted by Gasteiger charge is -2.09. The van der Waals surface area contributed by atoms with Gasteiger partial charge >= 0.3 is 0 Å². The summed E-state index contributed by atoms with van der Waals surface area (Å²) in [6.07, 6.45) is 0.856. The molecule has 0 fully saturated rings. The van der Waals surface area contributed by atoms with Gasteiger partial charge in [-0.1, -0.05) is 30.7 Å². The highest BCUT2D eigenvalue weighted by atomic mass is 35.5. The normalized spacial score (nSPS) is 10.2. The Hall–Kier alpha value is -1.09. The smallest absolute Gasteiger partial charge is 0.255 e. The second kappa shape index (κ2) is 4.42. The summed E-state index contributed by atoms with van der Waals surface area (Å²) >= 11 is 5.65. The van der Waals surface area contributed by atoms with Crippen LogP contribution in [-0.2, 0) is 6.54 Å². The van der Waals surface area contributed by atoms with Gasteiger partial charge < -0.3 is 0 Å². The lowest BCUT2D eigenvalue weighted by Crippen LogP contribution is -2.23. The molecule has 0 saturated heterocycles. The van der Waals surface area contributed by atoms with Crippen LogP contribution in [0.25, 0.3) is 0 Å². The van der Waals surface area contributed by atoms with Crippen molar-refractivity contribution in [2.24, 2.45) is 0 Å². The summed E-state index contributed by atoms with van der Waals surface area (Å²) in [5, 5.41) is 0.242. The first kappa shape index (κ1) is 11.0. The van der Waals surface area contributed by atoms with E-state index in [-0.39, 0.29) is 10.7 Å². The van der Waals surface area contributed by atoms with Gasteiger partial charge in [0.15, 0.2) is 0 Å². The lowest BCUT2D eigenvalue weighted by molar-refractivity contribution is 0.678. The van der Waals surface area contributed by atoms with E-state index in [9.17, 15) is 4.79 Å². The van der Waals surface area contributed by atoms with Crippen LogP contribution < -0.4 is 5.56 Å². The first-order valence-corrected chi connectivity index (χ1v) is 4.83. The Morgan fingerprint density at radius 1 is 1.71 bits per heavy atom. The molecule has 0 aliphatic heterocycles. The zero-order valence-corrected chi connectivity index (χ0v) is 9.14. The third kappa shape index (κ3) is 2.45. The number of aromatic nitrogens is 2. The Morgan fingerprint density at radius 2 is 2.36 bits per heavy atom. The van der Waals surface area contributed by atoms with Crippen LogP contribution in [0.4, 0.5) is 0 Å². The molecule has 0 aliphatic rings. The van der Waals surface area contributed by atoms with Crippen molar-refractivity contribution in [3.8, 4) is 0 Å². The molecule has 1 aromatic heterocycles. The average molecular weight is 213 g/mol. The molecule has 1 rings (SSSR count). The molecule has 1 heterocycles. The molecule has 1 aromatic rings. The molecule has 76 valence electrons. The summed E-state index contributed by atoms with van der Waals surface area (Å²) in [7, 11) is 0. The van der Waals surface area contributed by atoms with Crippen molar-refractivity contribution in [1.29, 1.82) is 0 Å². The number of hydrogen-bond acceptors (Lipinski definition) is 2. The molecule has 0 bridgehead atoms. The van der Waals surface area contributed by atoms with Crippen LogP contribution in [0.1, 0.15) is 19.2 Å². The molecule has 0 aliphatic carbocycles. The van der Waals surface area contributed by atoms with Gasteiger partial charge in [0.05, 0.1) is 0 Å². The van der Waals surface area contributed by atoms with E-state index in [4.69, 9.17) is 11.6 Å². The maximum Gasteiger partial charge on any atom is 0.255 e. The summed E-state index contributed by atoms with van der Waals surface area (Å²) in [6.45, 7) is 8.14. The second-order valence-corrected chi connectivity index (χ2v) is 3.54. The highest BCUT2D eigenvalue weighted by molar-refractivity contribution is 6.29. The van der Waals surface area contributed by atoms with Crippen molar-refractivity contribution in [3.05, 3.63) is 39.5 Å². The molecule has 0 aromatic carbocycles. The Bertz CT molecular complexity index is 409. The molecular weight excluding hydrogens is 200 g/mol. The van der Waals surface area contributed by atoms with Gasteiger partial charge in [0, 0.05) is 12.6 Å². The zero-order chi connectivity index (χ0) is 10.7. The topological polar surface area (TPSA) is 34.9 Å². The summed E-state index contributed by atoms with van der Waals surface area (Å²) in [6, 6.07) is 1.32. The van der Waals surface area contributed by atoms with Gasteiger partial charge in [-0.2, -0.15) is 0 Å². The van der Waals surface area contributed by atoms with Crippen LogP contribution in [0.15, 0.2) is 23.0 Å². The number of hydrogen-bond donors (Lipinski definition) is 0. The van der Waals surface area contributed by atoms with E-state index in [1.54, 1.807) is 11.5 Å². The first-order valence-electron chi connectivity index (χ1n) is 4.45. The molecule has 0 saturated carbocycles. The molecule has 0 atom stereocenters. The Kier molecular flexibility index (Phi) is 3.47. The van der Waals surface area contributed by atoms with Gasteiger partial charge in [0.2, 0.25) is 0 Å². The van der Waals surface area contributed by atoms with E-state index in [2.05, 4.69) is 11.6 Å². The summed E-state index contributed by atoms with van der Waals surface area (Å²) in [5.41, 5.74) is 0.872. The number of allylic oxidation sites excluding steroid dienone is 1. The second-order valence-electron chi connectivity index (χ2n) is 3.15. The Labute approximate surface area is 88.0 Å². The predicted octanol–water partition coefficient (Wildman–Crippen LogP) is 2.17. The zero-order valence-electron chi connectivity index (χ0n) is 8.38. The maximum atomic E-state index is 11.5. The van der Waals surface area contributed by atoms with E-state index in [1.807, 2.05) is 6.92 Å². The van der Waals surface area contributed by atoms with Crippen LogP contribution in [0.2, 0.25) is 5.15 Å². The SMILES string of the molecule is C=C(CC)Cn1c(C)nc(Cl)cc1=O. The van der Waals surface area contributed by atoms with Crippen LogP contribution in [-0.4, -0.2) is 9.55 Å². The summed E-state index contributed by atoms with van der Waals surface area (Å²) in [5.74, 6) is 0.622. The third-order valence-electron chi connectivity index (χ3n) is 2.05. The molecule has 0 N–H and O–H groups in total. The monoisotopic (exact) mass is 212 g/mol. The molecule has 3 nitrogen and oxygen atoms in total. The van der Waals surface area contributed by atoms with Crippen LogP contribution in [0, 0.1) is 6.92 Å². The number of aryl methyl sites for hydroxylation is 1. The quantitative estimate of drug-likeness (QED) is 0.569. The van der Waals surface area contributed by atoms with Gasteiger partial charge in [0.25, 0.3) is 5.56 Å². The average Bonchev–Trinajstić information content (AvgIpc) is 2.10. The molecular formula is C10H13ClN2O. The fourth-order valence-corrected chi connectivity index (χ4v) is 1.33. The largest absolute Gasteiger partial charge is 0.293 e. The highest BCUT2D eigenvalue weighted by Gasteiger charge is 2.04. The van der Waals surface area contributed by atoms with Crippen LogP contribution in [0.3, 0.4) is 0 Å². The molecule has 0 spiro atoms. The van der Waals surface area contributed by atoms with Gasteiger partial charge in [-0.25, -0.2) is 4.98 Å². The maximum absolute atomic E-state index is 11.5. The predicted molar refractivity (Wildman–Crippen MR) is 57.7 cm³/mol. The van der Waals surface area contributed by atoms with E-state index in [1.165, 1.54) is 6.07 Å². The van der Waals surface area contributed by atoms with Crippen molar-refractivity contribution < 1.29 is 0 Å². The van der Waals surface area contributed by atoms with E-state index >= 15 is 0 Å². The number of nitrogens with zero attached hydrogens (tertiary/aromatic N) is 2. The number of halogens is 1. The minimum absolute atomic E-state index is 0.128. The highest BCUT2D eigenvalue weighted by Crippen LogP contribution is 2.04. The molecule has 14 heavy (non-hydrogen) atoms. The van der Waals surface area contributed by atoms with Crippen molar-refractivity contribution in [2.75, 3.05) is 0 Å². The minimum atomic E-state index is -0.128. The minimum Gasteiger partial charge on any atom is -0.293 e. The van der Waals surface area contributed by atoms with Gasteiger partial charge in [-0.3, -0.25) is 9.36 Å². The van der Waals surface area contributed by atoms with Crippen LogP contribution >= 0.6 is 11.6 Å².